The Bertz CT molecular complexity index is 227. The Morgan fingerprint density at radius 3 is 2.85 bits per heavy atom. The molecule has 0 radical (unpaired) electrons. The van der Waals surface area contributed by atoms with E-state index in [1.165, 1.54) is 50.5 Å². The van der Waals surface area contributed by atoms with Gasteiger partial charge in [0.15, 0.2) is 5.78 Å². The Balaban J connectivity index is 2.07. The van der Waals surface area contributed by atoms with Gasteiger partial charge >= 0.3 is 0 Å². The van der Waals surface area contributed by atoms with E-state index in [4.69, 9.17) is 0 Å². The molecule has 1 heteroatoms. The lowest BCUT2D eigenvalue weighted by molar-refractivity contribution is -0.116. The van der Waals surface area contributed by atoms with Crippen molar-refractivity contribution in [1.29, 1.82) is 0 Å². The quantitative estimate of drug-likeness (QED) is 0.556. The molecule has 1 atom stereocenters. The lowest BCUT2D eigenvalue weighted by Gasteiger charge is -2.20. The topological polar surface area (TPSA) is 17.1 Å². The summed E-state index contributed by atoms with van der Waals surface area (Å²) in [7, 11) is 0. The van der Waals surface area contributed by atoms with Gasteiger partial charge in [-0.3, -0.25) is 4.79 Å². The van der Waals surface area contributed by atoms with E-state index < -0.39 is 0 Å². The van der Waals surface area contributed by atoms with Crippen LogP contribution in [0.5, 0.6) is 0 Å². The van der Waals surface area contributed by atoms with Crippen LogP contribution in [0, 0.1) is 5.92 Å². The molecule has 1 fully saturated rings. The zero-order chi connectivity index (χ0) is 9.10. The van der Waals surface area contributed by atoms with Crippen molar-refractivity contribution < 1.29 is 4.79 Å². The number of carbonyl (C=O) groups excluding carboxylic acids is 1. The highest BCUT2D eigenvalue weighted by atomic mass is 16.1. The van der Waals surface area contributed by atoms with Gasteiger partial charge in [0.25, 0.3) is 0 Å². The Hall–Kier alpha value is -0.590. The fraction of sp³-hybridized carbons (Fsp3) is 0.750. The van der Waals surface area contributed by atoms with Crippen LogP contribution in [0.15, 0.2) is 11.6 Å². The highest BCUT2D eigenvalue weighted by Gasteiger charge is 2.20. The highest BCUT2D eigenvalue weighted by Crippen LogP contribution is 2.31. The van der Waals surface area contributed by atoms with Gasteiger partial charge in [0.2, 0.25) is 0 Å². The van der Waals surface area contributed by atoms with Crippen molar-refractivity contribution in [2.24, 2.45) is 5.92 Å². The van der Waals surface area contributed by atoms with Crippen molar-refractivity contribution in [3.63, 3.8) is 0 Å². The molecule has 2 aliphatic rings. The SMILES string of the molecule is O=C1C=C2CCCCCCC(C1)C2. The molecule has 0 amide bonds. The number of allylic oxidation sites excluding steroid dienone is 2. The smallest absolute Gasteiger partial charge is 0.155 e. The van der Waals surface area contributed by atoms with E-state index in [2.05, 4.69) is 0 Å². The first kappa shape index (κ1) is 8.98. The molecule has 0 spiro atoms. The maximum Gasteiger partial charge on any atom is 0.155 e. The minimum Gasteiger partial charge on any atom is -0.295 e. The Labute approximate surface area is 80.2 Å². The van der Waals surface area contributed by atoms with Crippen LogP contribution in [-0.4, -0.2) is 5.78 Å². The van der Waals surface area contributed by atoms with Crippen LogP contribution in [0.1, 0.15) is 51.4 Å². The zero-order valence-electron chi connectivity index (χ0n) is 8.22. The van der Waals surface area contributed by atoms with E-state index >= 15 is 0 Å². The van der Waals surface area contributed by atoms with Crippen LogP contribution in [0.3, 0.4) is 0 Å². The summed E-state index contributed by atoms with van der Waals surface area (Å²) in [6.07, 6.45) is 11.8. The molecular weight excluding hydrogens is 160 g/mol. The third-order valence-electron chi connectivity index (χ3n) is 3.27. The summed E-state index contributed by atoms with van der Waals surface area (Å²) in [5, 5.41) is 0. The molecule has 0 heterocycles. The predicted molar refractivity (Wildman–Crippen MR) is 53.5 cm³/mol. The van der Waals surface area contributed by atoms with Crippen LogP contribution >= 0.6 is 0 Å². The first-order valence-electron chi connectivity index (χ1n) is 5.57. The van der Waals surface area contributed by atoms with Gasteiger partial charge in [-0.15, -0.1) is 0 Å². The Morgan fingerprint density at radius 1 is 1.08 bits per heavy atom. The van der Waals surface area contributed by atoms with E-state index in [0.717, 1.165) is 6.42 Å². The summed E-state index contributed by atoms with van der Waals surface area (Å²) in [5.41, 5.74) is 1.43. The third-order valence-corrected chi connectivity index (χ3v) is 3.27. The first-order chi connectivity index (χ1) is 6.34. The summed E-state index contributed by atoms with van der Waals surface area (Å²) < 4.78 is 0. The largest absolute Gasteiger partial charge is 0.295 e. The molecule has 2 bridgehead atoms. The van der Waals surface area contributed by atoms with Gasteiger partial charge in [-0.05, 0) is 37.7 Å². The minimum atomic E-state index is 0.383. The molecular formula is C12H18O. The number of fused-ring (bicyclic) bond motifs is 2. The van der Waals surface area contributed by atoms with Gasteiger partial charge in [0.05, 0.1) is 0 Å². The lowest BCUT2D eigenvalue weighted by Crippen LogP contribution is -2.13. The van der Waals surface area contributed by atoms with Gasteiger partial charge in [0.1, 0.15) is 0 Å². The zero-order valence-corrected chi connectivity index (χ0v) is 8.22. The summed E-state index contributed by atoms with van der Waals surface area (Å²) >= 11 is 0. The Morgan fingerprint density at radius 2 is 1.92 bits per heavy atom. The van der Waals surface area contributed by atoms with Crippen molar-refractivity contribution in [3.8, 4) is 0 Å². The van der Waals surface area contributed by atoms with Crippen molar-refractivity contribution in [2.75, 3.05) is 0 Å². The summed E-state index contributed by atoms with van der Waals surface area (Å²) in [5.74, 6) is 1.07. The molecule has 0 saturated heterocycles. The summed E-state index contributed by atoms with van der Waals surface area (Å²) in [4.78, 5) is 11.4. The molecule has 0 aromatic rings. The fourth-order valence-electron chi connectivity index (χ4n) is 2.59. The van der Waals surface area contributed by atoms with Crippen molar-refractivity contribution >= 4 is 5.78 Å². The van der Waals surface area contributed by atoms with E-state index in [9.17, 15) is 4.79 Å². The second-order valence-electron chi connectivity index (χ2n) is 4.50. The van der Waals surface area contributed by atoms with Crippen molar-refractivity contribution in [2.45, 2.75) is 51.4 Å². The molecule has 0 aromatic heterocycles. The third kappa shape index (κ3) is 2.43. The molecule has 1 saturated carbocycles. The number of hydrogen-bond acceptors (Lipinski definition) is 1. The number of hydrogen-bond donors (Lipinski definition) is 0. The van der Waals surface area contributed by atoms with Crippen molar-refractivity contribution in [3.05, 3.63) is 11.6 Å². The van der Waals surface area contributed by atoms with Crippen LogP contribution in [0.2, 0.25) is 0 Å². The lowest BCUT2D eigenvalue weighted by atomic mass is 9.84. The average molecular weight is 178 g/mol. The maximum atomic E-state index is 11.4. The molecule has 0 aliphatic heterocycles. The van der Waals surface area contributed by atoms with E-state index in [1.54, 1.807) is 0 Å². The van der Waals surface area contributed by atoms with Crippen LogP contribution in [0.25, 0.3) is 0 Å². The van der Waals surface area contributed by atoms with Crippen LogP contribution in [-0.2, 0) is 4.79 Å². The standard InChI is InChI=1S/C12H18O/c13-12-8-10-5-3-1-2-4-6-11(7-10)9-12/h8,11H,1-7,9H2. The summed E-state index contributed by atoms with van der Waals surface area (Å²) in [6.45, 7) is 0. The molecule has 0 N–H and O–H groups in total. The fourth-order valence-corrected chi connectivity index (χ4v) is 2.59. The average Bonchev–Trinajstić information content (AvgIpc) is 2.16. The van der Waals surface area contributed by atoms with Gasteiger partial charge in [-0.2, -0.15) is 0 Å². The monoisotopic (exact) mass is 178 g/mol. The Kier molecular flexibility index (Phi) is 2.82. The normalized spacial score (nSPS) is 30.0. The molecule has 1 nitrogen and oxygen atoms in total. The predicted octanol–water partition coefficient (Wildman–Crippen LogP) is 3.25. The molecule has 72 valence electrons. The second-order valence-corrected chi connectivity index (χ2v) is 4.50. The van der Waals surface area contributed by atoms with Gasteiger partial charge in [-0.25, -0.2) is 0 Å². The van der Waals surface area contributed by atoms with E-state index in [0.29, 0.717) is 11.7 Å². The second kappa shape index (κ2) is 4.08. The molecule has 2 rings (SSSR count). The van der Waals surface area contributed by atoms with Crippen molar-refractivity contribution in [1.82, 2.24) is 0 Å². The van der Waals surface area contributed by atoms with Gasteiger partial charge in [-0.1, -0.05) is 24.8 Å². The minimum absolute atomic E-state index is 0.383. The van der Waals surface area contributed by atoms with E-state index in [-0.39, 0.29) is 0 Å². The molecule has 1 unspecified atom stereocenters. The number of rotatable bonds is 0. The molecule has 0 aromatic carbocycles. The summed E-state index contributed by atoms with van der Waals surface area (Å²) in [6, 6.07) is 0. The van der Waals surface area contributed by atoms with Gasteiger partial charge < -0.3 is 0 Å². The number of ketones is 1. The number of carbonyl (C=O) groups is 1. The maximum absolute atomic E-state index is 11.4. The highest BCUT2D eigenvalue weighted by molar-refractivity contribution is 5.91. The van der Waals surface area contributed by atoms with E-state index in [1.807, 2.05) is 6.08 Å². The first-order valence-corrected chi connectivity index (χ1v) is 5.57. The van der Waals surface area contributed by atoms with Crippen LogP contribution < -0.4 is 0 Å². The molecule has 2 aliphatic carbocycles. The van der Waals surface area contributed by atoms with Crippen LogP contribution in [0.4, 0.5) is 0 Å². The molecule has 13 heavy (non-hydrogen) atoms. The van der Waals surface area contributed by atoms with Gasteiger partial charge in [0, 0.05) is 6.42 Å².